The molecule has 0 radical (unpaired) electrons. The van der Waals surface area contributed by atoms with Gasteiger partial charge in [0.2, 0.25) is 5.95 Å². The number of nitrogens with zero attached hydrogens (tertiary/aromatic N) is 2. The number of hydrogen-bond donors (Lipinski definition) is 1. The van der Waals surface area contributed by atoms with Crippen LogP contribution in [0.1, 0.15) is 5.56 Å². The van der Waals surface area contributed by atoms with E-state index in [0.717, 1.165) is 27.8 Å². The van der Waals surface area contributed by atoms with E-state index in [4.69, 9.17) is 27.9 Å². The molecule has 0 saturated heterocycles. The summed E-state index contributed by atoms with van der Waals surface area (Å²) in [7, 11) is 1.69. The molecule has 25 heavy (non-hydrogen) atoms. The highest BCUT2D eigenvalue weighted by Crippen LogP contribution is 2.25. The first-order valence-corrected chi connectivity index (χ1v) is 8.72. The molecule has 2 aromatic carbocycles. The summed E-state index contributed by atoms with van der Waals surface area (Å²) in [5, 5.41) is 4.82. The molecule has 0 aliphatic heterocycles. The van der Waals surface area contributed by atoms with Crippen LogP contribution in [0.5, 0.6) is 0 Å². The Bertz CT molecular complexity index is 831. The number of methoxy groups -OCH3 is 1. The molecule has 1 N–H and O–H groups in total. The third-order valence-corrected chi connectivity index (χ3v) is 4.53. The summed E-state index contributed by atoms with van der Waals surface area (Å²) in [6.45, 7) is 1.89. The van der Waals surface area contributed by atoms with Crippen molar-refractivity contribution in [2.45, 2.75) is 13.1 Å². The van der Waals surface area contributed by atoms with Gasteiger partial charge >= 0.3 is 0 Å². The Labute approximate surface area is 157 Å². The number of ether oxygens (including phenoxy) is 1. The Balaban J connectivity index is 1.86. The zero-order valence-electron chi connectivity index (χ0n) is 13.9. The molecule has 0 bridgehead atoms. The number of imidazole rings is 1. The van der Waals surface area contributed by atoms with Gasteiger partial charge in [-0.3, -0.25) is 0 Å². The van der Waals surface area contributed by atoms with Crippen molar-refractivity contribution in [2.75, 3.05) is 19.0 Å². The smallest absolute Gasteiger partial charge is 0.203 e. The van der Waals surface area contributed by atoms with Gasteiger partial charge in [-0.25, -0.2) is 4.98 Å². The first kappa shape index (κ1) is 17.8. The third-order valence-electron chi connectivity index (χ3n) is 3.91. The summed E-state index contributed by atoms with van der Waals surface area (Å²) in [5.41, 5.74) is 3.09. The van der Waals surface area contributed by atoms with Crippen LogP contribution in [0.4, 0.5) is 5.95 Å². The van der Waals surface area contributed by atoms with Gasteiger partial charge in [-0.05, 0) is 29.3 Å². The van der Waals surface area contributed by atoms with Crippen LogP contribution in [0.3, 0.4) is 0 Å². The molecule has 0 fully saturated rings. The maximum atomic E-state index is 6.23. The minimum atomic E-state index is 0.595. The average Bonchev–Trinajstić information content (AvgIpc) is 3.02. The van der Waals surface area contributed by atoms with E-state index in [1.165, 1.54) is 0 Å². The molecule has 0 atom stereocenters. The van der Waals surface area contributed by atoms with E-state index in [1.807, 2.05) is 54.7 Å². The van der Waals surface area contributed by atoms with E-state index in [9.17, 15) is 0 Å². The number of nitrogens with one attached hydrogen (secondary N) is 1. The van der Waals surface area contributed by atoms with Crippen molar-refractivity contribution in [2.24, 2.45) is 0 Å². The van der Waals surface area contributed by atoms with Crippen LogP contribution in [0.15, 0.2) is 54.7 Å². The quantitative estimate of drug-likeness (QED) is 0.623. The molecule has 0 spiro atoms. The zero-order chi connectivity index (χ0) is 17.6. The minimum Gasteiger partial charge on any atom is -0.383 e. The number of hydrogen-bond acceptors (Lipinski definition) is 3. The van der Waals surface area contributed by atoms with Crippen molar-refractivity contribution < 1.29 is 4.74 Å². The van der Waals surface area contributed by atoms with Crippen LogP contribution in [0, 0.1) is 0 Å². The normalized spacial score (nSPS) is 10.8. The average molecular weight is 376 g/mol. The lowest BCUT2D eigenvalue weighted by atomic mass is 10.2. The van der Waals surface area contributed by atoms with Gasteiger partial charge in [-0.2, -0.15) is 0 Å². The lowest BCUT2D eigenvalue weighted by molar-refractivity contribution is 0.188. The van der Waals surface area contributed by atoms with Crippen LogP contribution in [-0.2, 0) is 17.8 Å². The molecule has 0 amide bonds. The second-order valence-electron chi connectivity index (χ2n) is 5.56. The van der Waals surface area contributed by atoms with Gasteiger partial charge in [0.15, 0.2) is 0 Å². The van der Waals surface area contributed by atoms with Gasteiger partial charge in [0.25, 0.3) is 0 Å². The van der Waals surface area contributed by atoms with E-state index in [-0.39, 0.29) is 0 Å². The Morgan fingerprint density at radius 2 is 1.84 bits per heavy atom. The zero-order valence-corrected chi connectivity index (χ0v) is 15.4. The number of anilines is 1. The monoisotopic (exact) mass is 375 g/mol. The Morgan fingerprint density at radius 3 is 2.56 bits per heavy atom. The molecule has 0 unspecified atom stereocenters. The van der Waals surface area contributed by atoms with Gasteiger partial charge in [0.05, 0.1) is 18.5 Å². The first-order chi connectivity index (χ1) is 12.2. The Kier molecular flexibility index (Phi) is 5.97. The van der Waals surface area contributed by atoms with E-state index in [1.54, 1.807) is 7.11 Å². The molecule has 1 heterocycles. The van der Waals surface area contributed by atoms with Crippen LogP contribution >= 0.6 is 23.2 Å². The van der Waals surface area contributed by atoms with E-state index < -0.39 is 0 Å². The van der Waals surface area contributed by atoms with E-state index in [2.05, 4.69) is 14.9 Å². The molecule has 3 aromatic rings. The predicted octanol–water partition coefficient (Wildman–Crippen LogP) is 5.12. The summed E-state index contributed by atoms with van der Waals surface area (Å²) >= 11 is 12.2. The van der Waals surface area contributed by atoms with Gasteiger partial charge < -0.3 is 14.6 Å². The lowest BCUT2D eigenvalue weighted by Crippen LogP contribution is -2.11. The molecule has 3 rings (SSSR count). The van der Waals surface area contributed by atoms with Gasteiger partial charge in [0.1, 0.15) is 0 Å². The highest BCUT2D eigenvalue weighted by atomic mass is 35.5. The highest BCUT2D eigenvalue weighted by molar-refractivity contribution is 6.31. The molecule has 4 nitrogen and oxygen atoms in total. The van der Waals surface area contributed by atoms with Crippen LogP contribution in [-0.4, -0.2) is 23.3 Å². The van der Waals surface area contributed by atoms with Crippen LogP contribution in [0.2, 0.25) is 10.0 Å². The summed E-state index contributed by atoms with van der Waals surface area (Å²) in [6, 6.07) is 15.5. The molecular weight excluding hydrogens is 357 g/mol. The fourth-order valence-electron chi connectivity index (χ4n) is 2.59. The van der Waals surface area contributed by atoms with Gasteiger partial charge in [-0.1, -0.05) is 53.5 Å². The lowest BCUT2D eigenvalue weighted by Gasteiger charge is -2.13. The molecule has 6 heteroatoms. The maximum Gasteiger partial charge on any atom is 0.203 e. The second kappa shape index (κ2) is 8.39. The number of aromatic nitrogens is 2. The SMILES string of the molecule is COCCn1c(-c2ccc(Cl)cc2)cnc1NCc1ccccc1Cl. The van der Waals surface area contributed by atoms with Crippen molar-refractivity contribution in [1.82, 2.24) is 9.55 Å². The Morgan fingerprint density at radius 1 is 1.08 bits per heavy atom. The van der Waals surface area contributed by atoms with Crippen LogP contribution < -0.4 is 5.32 Å². The predicted molar refractivity (Wildman–Crippen MR) is 103 cm³/mol. The second-order valence-corrected chi connectivity index (χ2v) is 6.41. The molecular formula is C19H19Cl2N3O. The van der Waals surface area contributed by atoms with Crippen molar-refractivity contribution in [3.63, 3.8) is 0 Å². The van der Waals surface area contributed by atoms with Crippen molar-refractivity contribution >= 4 is 29.2 Å². The van der Waals surface area contributed by atoms with E-state index in [0.29, 0.717) is 24.7 Å². The fourth-order valence-corrected chi connectivity index (χ4v) is 2.92. The standard InChI is InChI=1S/C19H19Cl2N3O/c1-25-11-10-24-18(14-6-8-16(20)9-7-14)13-23-19(24)22-12-15-4-2-3-5-17(15)21/h2-9,13H,10-12H2,1H3,(H,22,23). The number of halogens is 2. The van der Waals surface area contributed by atoms with Crippen molar-refractivity contribution in [3.8, 4) is 11.3 Å². The summed E-state index contributed by atoms with van der Waals surface area (Å²) in [5.74, 6) is 0.780. The molecule has 0 aliphatic rings. The van der Waals surface area contributed by atoms with Crippen molar-refractivity contribution in [1.29, 1.82) is 0 Å². The van der Waals surface area contributed by atoms with E-state index >= 15 is 0 Å². The summed E-state index contributed by atoms with van der Waals surface area (Å²) < 4.78 is 7.34. The molecule has 0 aliphatic carbocycles. The highest BCUT2D eigenvalue weighted by Gasteiger charge is 2.12. The van der Waals surface area contributed by atoms with Crippen molar-refractivity contribution in [3.05, 3.63) is 70.3 Å². The molecule has 1 aromatic heterocycles. The maximum absolute atomic E-state index is 6.23. The summed E-state index contributed by atoms with van der Waals surface area (Å²) in [4.78, 5) is 4.53. The number of benzene rings is 2. The van der Waals surface area contributed by atoms with Gasteiger partial charge in [0, 0.05) is 30.2 Å². The Hall–Kier alpha value is -2.01. The first-order valence-electron chi connectivity index (χ1n) is 7.96. The topological polar surface area (TPSA) is 39.1 Å². The minimum absolute atomic E-state index is 0.595. The molecule has 0 saturated carbocycles. The summed E-state index contributed by atoms with van der Waals surface area (Å²) in [6.07, 6.45) is 1.85. The third kappa shape index (κ3) is 4.34. The number of rotatable bonds is 7. The van der Waals surface area contributed by atoms with Gasteiger partial charge in [-0.15, -0.1) is 0 Å². The van der Waals surface area contributed by atoms with Crippen LogP contribution in [0.25, 0.3) is 11.3 Å². The largest absolute Gasteiger partial charge is 0.383 e. The molecule has 130 valence electrons. The fraction of sp³-hybridized carbons (Fsp3) is 0.211.